The second kappa shape index (κ2) is 11.2. The van der Waals surface area contributed by atoms with Gasteiger partial charge in [0.2, 0.25) is 0 Å². The van der Waals surface area contributed by atoms with Gasteiger partial charge in [-0.25, -0.2) is 4.79 Å². The summed E-state index contributed by atoms with van der Waals surface area (Å²) in [4.78, 5) is 27.2. The van der Waals surface area contributed by atoms with E-state index < -0.39 is 5.97 Å². The van der Waals surface area contributed by atoms with E-state index in [0.717, 1.165) is 25.7 Å². The highest BCUT2D eigenvalue weighted by molar-refractivity contribution is 5.99. The maximum atomic E-state index is 12.0. The van der Waals surface area contributed by atoms with Crippen LogP contribution >= 0.6 is 0 Å². The molecule has 7 nitrogen and oxygen atoms in total. The van der Waals surface area contributed by atoms with Gasteiger partial charge in [-0.15, -0.1) is 0 Å². The summed E-state index contributed by atoms with van der Waals surface area (Å²) in [6.45, 7) is 6.25. The number of hydrogen-bond acceptors (Lipinski definition) is 6. The number of nitrogens with zero attached hydrogens (tertiary/aromatic N) is 1. The Bertz CT molecular complexity index is 894. The number of unbranched alkanes of at least 4 members (excludes halogenated alkanes) is 2. The number of rotatable bonds is 12. The van der Waals surface area contributed by atoms with Gasteiger partial charge in [0.25, 0.3) is 0 Å². The average molecular weight is 415 g/mol. The van der Waals surface area contributed by atoms with Crippen molar-refractivity contribution in [3.63, 3.8) is 0 Å². The van der Waals surface area contributed by atoms with Crippen molar-refractivity contribution in [1.82, 2.24) is 4.98 Å². The van der Waals surface area contributed by atoms with Gasteiger partial charge in [0.1, 0.15) is 17.2 Å². The van der Waals surface area contributed by atoms with Crippen LogP contribution in [0.1, 0.15) is 71.0 Å². The Balaban J connectivity index is 1.73. The second-order valence-corrected chi connectivity index (χ2v) is 7.12. The number of ether oxygens (including phenoxy) is 2. The topological polar surface area (TPSA) is 106 Å². The number of ketones is 1. The van der Waals surface area contributed by atoms with E-state index in [1.165, 1.54) is 12.3 Å². The number of aromatic nitrogens is 1. The zero-order chi connectivity index (χ0) is 22.1. The Kier molecular flexibility index (Phi) is 8.65. The van der Waals surface area contributed by atoms with Crippen LogP contribution in [0.5, 0.6) is 17.2 Å². The maximum absolute atomic E-state index is 12.0. The number of carboxylic acids is 1. The van der Waals surface area contributed by atoms with Crippen LogP contribution in [0.15, 0.2) is 24.4 Å². The zero-order valence-corrected chi connectivity index (χ0v) is 17.7. The van der Waals surface area contributed by atoms with Crippen molar-refractivity contribution in [2.75, 3.05) is 13.2 Å². The fraction of sp³-hybridized carbons (Fsp3) is 0.435. The van der Waals surface area contributed by atoms with Crippen molar-refractivity contribution < 1.29 is 29.3 Å². The van der Waals surface area contributed by atoms with Crippen molar-refractivity contribution >= 4 is 11.8 Å². The summed E-state index contributed by atoms with van der Waals surface area (Å²) in [6, 6.07) is 4.83. The highest BCUT2D eigenvalue weighted by atomic mass is 16.5. The number of pyridine rings is 1. The van der Waals surface area contributed by atoms with Gasteiger partial charge in [0.05, 0.1) is 36.2 Å². The third-order valence-corrected chi connectivity index (χ3v) is 4.77. The van der Waals surface area contributed by atoms with E-state index in [1.807, 2.05) is 6.92 Å². The summed E-state index contributed by atoms with van der Waals surface area (Å²) in [5.74, 6) is -0.0795. The summed E-state index contributed by atoms with van der Waals surface area (Å²) < 4.78 is 11.3. The van der Waals surface area contributed by atoms with Crippen molar-refractivity contribution in [1.29, 1.82) is 0 Å². The summed E-state index contributed by atoms with van der Waals surface area (Å²) >= 11 is 0. The van der Waals surface area contributed by atoms with Gasteiger partial charge in [-0.3, -0.25) is 9.78 Å². The molecule has 162 valence electrons. The van der Waals surface area contributed by atoms with Crippen LogP contribution in [0.25, 0.3) is 0 Å². The Hall–Kier alpha value is -3.09. The molecule has 0 unspecified atom stereocenters. The molecule has 0 spiro atoms. The van der Waals surface area contributed by atoms with Gasteiger partial charge in [0.15, 0.2) is 5.78 Å². The number of Topliss-reactive ketones (excluding diaryl/α,β-unsaturated/α-hetero) is 1. The molecule has 0 aliphatic carbocycles. The van der Waals surface area contributed by atoms with Gasteiger partial charge in [-0.2, -0.15) is 0 Å². The fourth-order valence-electron chi connectivity index (χ4n) is 2.99. The van der Waals surface area contributed by atoms with Crippen molar-refractivity contribution in [2.24, 2.45) is 0 Å². The first-order chi connectivity index (χ1) is 14.3. The number of hydrogen-bond donors (Lipinski definition) is 2. The van der Waals surface area contributed by atoms with E-state index in [1.54, 1.807) is 26.0 Å². The Morgan fingerprint density at radius 3 is 2.40 bits per heavy atom. The first-order valence-corrected chi connectivity index (χ1v) is 10.2. The molecule has 2 N–H and O–H groups in total. The van der Waals surface area contributed by atoms with Gasteiger partial charge >= 0.3 is 5.97 Å². The number of carboxylic acid groups (broad SMARTS) is 1. The molecule has 0 fully saturated rings. The molecule has 0 atom stereocenters. The van der Waals surface area contributed by atoms with Gasteiger partial charge in [0, 0.05) is 12.0 Å². The molecule has 30 heavy (non-hydrogen) atoms. The minimum absolute atomic E-state index is 0.00760. The number of carbonyl (C=O) groups is 2. The second-order valence-electron chi connectivity index (χ2n) is 7.12. The molecular formula is C23H29NO6. The van der Waals surface area contributed by atoms with E-state index >= 15 is 0 Å². The van der Waals surface area contributed by atoms with Crippen LogP contribution in [-0.4, -0.2) is 40.2 Å². The molecular weight excluding hydrogens is 386 g/mol. The normalized spacial score (nSPS) is 10.6. The van der Waals surface area contributed by atoms with Crippen LogP contribution in [0.2, 0.25) is 0 Å². The third kappa shape index (κ3) is 6.20. The van der Waals surface area contributed by atoms with E-state index in [4.69, 9.17) is 14.6 Å². The lowest BCUT2D eigenvalue weighted by molar-refractivity contribution is 0.0694. The first kappa shape index (κ1) is 23.2. The molecule has 0 saturated carbocycles. The van der Waals surface area contributed by atoms with Crippen molar-refractivity contribution in [3.8, 4) is 17.2 Å². The first-order valence-electron chi connectivity index (χ1n) is 10.2. The molecule has 2 aromatic rings. The molecule has 0 amide bonds. The number of aromatic hydroxyl groups is 1. The average Bonchev–Trinajstić information content (AvgIpc) is 2.71. The predicted molar refractivity (Wildman–Crippen MR) is 113 cm³/mol. The molecule has 7 heteroatoms. The maximum Gasteiger partial charge on any atom is 0.337 e. The summed E-state index contributed by atoms with van der Waals surface area (Å²) in [7, 11) is 0. The molecule has 1 aromatic carbocycles. The largest absolute Gasteiger partial charge is 0.507 e. The lowest BCUT2D eigenvalue weighted by Gasteiger charge is -2.13. The molecule has 0 aliphatic rings. The monoisotopic (exact) mass is 415 g/mol. The SMILES string of the molecule is CCCC(=O)c1ccc(OCCCCCOc2cnc(C)c(C(=O)O)c2)c(C)c1O. The summed E-state index contributed by atoms with van der Waals surface area (Å²) in [6.07, 6.45) is 5.12. The van der Waals surface area contributed by atoms with E-state index in [2.05, 4.69) is 4.98 Å². The number of phenolic OH excluding ortho intramolecular Hbond substituents is 1. The summed E-state index contributed by atoms with van der Waals surface area (Å²) in [5.41, 5.74) is 1.51. The zero-order valence-electron chi connectivity index (χ0n) is 17.7. The Morgan fingerprint density at radius 1 is 1.03 bits per heavy atom. The molecule has 0 bridgehead atoms. The third-order valence-electron chi connectivity index (χ3n) is 4.77. The van der Waals surface area contributed by atoms with E-state index in [-0.39, 0.29) is 17.1 Å². The molecule has 1 heterocycles. The van der Waals surface area contributed by atoms with Gasteiger partial charge < -0.3 is 19.7 Å². The predicted octanol–water partition coefficient (Wildman–Crippen LogP) is 4.71. The van der Waals surface area contributed by atoms with Crippen LogP contribution in [0, 0.1) is 13.8 Å². The van der Waals surface area contributed by atoms with Crippen LogP contribution in [0.3, 0.4) is 0 Å². The Morgan fingerprint density at radius 2 is 1.73 bits per heavy atom. The quantitative estimate of drug-likeness (QED) is 0.382. The van der Waals surface area contributed by atoms with Crippen LogP contribution in [-0.2, 0) is 0 Å². The molecule has 0 radical (unpaired) electrons. The standard InChI is InChI=1S/C23H29NO6/c1-4-8-20(25)18-9-10-21(15(2)22(18)26)30-12-7-5-6-11-29-17-13-19(23(27)28)16(3)24-14-17/h9-10,13-14,26H,4-8,11-12H2,1-3H3,(H,27,28). The number of phenols is 1. The highest BCUT2D eigenvalue weighted by Gasteiger charge is 2.15. The molecule has 0 aliphatic heterocycles. The van der Waals surface area contributed by atoms with Crippen LogP contribution in [0.4, 0.5) is 0 Å². The summed E-state index contributed by atoms with van der Waals surface area (Å²) in [5, 5.41) is 19.4. The van der Waals surface area contributed by atoms with Gasteiger partial charge in [-0.05, 0) is 57.7 Å². The van der Waals surface area contributed by atoms with Crippen molar-refractivity contribution in [2.45, 2.75) is 52.9 Å². The molecule has 1 aromatic heterocycles. The van der Waals surface area contributed by atoms with Crippen LogP contribution < -0.4 is 9.47 Å². The fourth-order valence-corrected chi connectivity index (χ4v) is 2.99. The number of aryl methyl sites for hydroxylation is 1. The smallest absolute Gasteiger partial charge is 0.337 e. The van der Waals surface area contributed by atoms with Crippen molar-refractivity contribution in [3.05, 3.63) is 46.8 Å². The lowest BCUT2D eigenvalue weighted by atomic mass is 10.0. The molecule has 2 rings (SSSR count). The highest BCUT2D eigenvalue weighted by Crippen LogP contribution is 2.31. The molecule has 0 saturated heterocycles. The lowest BCUT2D eigenvalue weighted by Crippen LogP contribution is -2.05. The van der Waals surface area contributed by atoms with Gasteiger partial charge in [-0.1, -0.05) is 6.92 Å². The Labute approximate surface area is 176 Å². The number of benzene rings is 1. The minimum Gasteiger partial charge on any atom is -0.507 e. The van der Waals surface area contributed by atoms with E-state index in [9.17, 15) is 14.7 Å². The number of carbonyl (C=O) groups excluding carboxylic acids is 1. The minimum atomic E-state index is -1.02. The van der Waals surface area contributed by atoms with E-state index in [0.29, 0.717) is 48.0 Å². The number of aromatic carboxylic acids is 1.